The SMILES string of the molecule is CNc1nc(-c2cnn(-c3c(C)cccc3C)c2C)cs1. The lowest BCUT2D eigenvalue weighted by Gasteiger charge is -2.11. The number of hydrogen-bond acceptors (Lipinski definition) is 4. The van der Waals surface area contributed by atoms with Crippen molar-refractivity contribution in [3.05, 3.63) is 46.6 Å². The molecule has 3 rings (SSSR count). The van der Waals surface area contributed by atoms with Gasteiger partial charge in [-0.3, -0.25) is 0 Å². The Morgan fingerprint density at radius 3 is 2.48 bits per heavy atom. The minimum atomic E-state index is 0.921. The van der Waals surface area contributed by atoms with Gasteiger partial charge in [0.15, 0.2) is 5.13 Å². The highest BCUT2D eigenvalue weighted by molar-refractivity contribution is 7.14. The van der Waals surface area contributed by atoms with Gasteiger partial charge in [-0.25, -0.2) is 9.67 Å². The minimum Gasteiger partial charge on any atom is -0.365 e. The molecule has 0 atom stereocenters. The van der Waals surface area contributed by atoms with E-state index >= 15 is 0 Å². The van der Waals surface area contributed by atoms with Gasteiger partial charge in [0.05, 0.1) is 23.3 Å². The van der Waals surface area contributed by atoms with Crippen molar-refractivity contribution in [3.8, 4) is 16.9 Å². The molecule has 3 aromatic rings. The van der Waals surface area contributed by atoms with Crippen LogP contribution in [-0.2, 0) is 0 Å². The number of anilines is 1. The fourth-order valence-electron chi connectivity index (χ4n) is 2.54. The molecule has 0 aliphatic rings. The zero-order valence-corrected chi connectivity index (χ0v) is 13.5. The fraction of sp³-hybridized carbons (Fsp3) is 0.250. The van der Waals surface area contributed by atoms with Gasteiger partial charge in [0.1, 0.15) is 0 Å². The molecule has 0 bridgehead atoms. The number of hydrogen-bond donors (Lipinski definition) is 1. The van der Waals surface area contributed by atoms with Crippen molar-refractivity contribution in [2.24, 2.45) is 0 Å². The maximum absolute atomic E-state index is 4.58. The van der Waals surface area contributed by atoms with E-state index in [4.69, 9.17) is 0 Å². The zero-order chi connectivity index (χ0) is 15.0. The van der Waals surface area contributed by atoms with E-state index < -0.39 is 0 Å². The highest BCUT2D eigenvalue weighted by Crippen LogP contribution is 2.29. The van der Waals surface area contributed by atoms with Crippen molar-refractivity contribution in [1.29, 1.82) is 0 Å². The molecule has 0 saturated heterocycles. The average molecular weight is 298 g/mol. The van der Waals surface area contributed by atoms with Crippen LogP contribution in [0.3, 0.4) is 0 Å². The van der Waals surface area contributed by atoms with Gasteiger partial charge in [-0.15, -0.1) is 11.3 Å². The first-order chi connectivity index (χ1) is 10.1. The second kappa shape index (κ2) is 5.33. The Bertz CT molecular complexity index is 765. The van der Waals surface area contributed by atoms with Crippen LogP contribution in [0, 0.1) is 20.8 Å². The number of nitrogens with zero attached hydrogens (tertiary/aromatic N) is 3. The Labute approximate surface area is 128 Å². The van der Waals surface area contributed by atoms with Gasteiger partial charge in [-0.2, -0.15) is 5.10 Å². The molecule has 1 N–H and O–H groups in total. The largest absolute Gasteiger partial charge is 0.365 e. The number of rotatable bonds is 3. The lowest BCUT2D eigenvalue weighted by atomic mass is 10.1. The van der Waals surface area contributed by atoms with Gasteiger partial charge in [0.25, 0.3) is 0 Å². The van der Waals surface area contributed by atoms with Gasteiger partial charge in [0.2, 0.25) is 0 Å². The molecule has 108 valence electrons. The molecule has 0 saturated carbocycles. The highest BCUT2D eigenvalue weighted by atomic mass is 32.1. The molecule has 0 amide bonds. The maximum atomic E-state index is 4.58. The third-order valence-electron chi connectivity index (χ3n) is 3.66. The predicted octanol–water partition coefficient (Wildman–Crippen LogP) is 3.96. The van der Waals surface area contributed by atoms with E-state index in [9.17, 15) is 0 Å². The molecular formula is C16H18N4S. The zero-order valence-electron chi connectivity index (χ0n) is 12.6. The van der Waals surface area contributed by atoms with Crippen LogP contribution in [-0.4, -0.2) is 21.8 Å². The van der Waals surface area contributed by atoms with Crippen molar-refractivity contribution in [1.82, 2.24) is 14.8 Å². The van der Waals surface area contributed by atoms with Crippen LogP contribution in [0.25, 0.3) is 16.9 Å². The van der Waals surface area contributed by atoms with E-state index in [0.717, 1.165) is 27.8 Å². The second-order valence-corrected chi connectivity index (χ2v) is 5.94. The summed E-state index contributed by atoms with van der Waals surface area (Å²) in [5.74, 6) is 0. The lowest BCUT2D eigenvalue weighted by molar-refractivity contribution is 0.833. The summed E-state index contributed by atoms with van der Waals surface area (Å²) in [6.45, 7) is 6.32. The summed E-state index contributed by atoms with van der Waals surface area (Å²) in [7, 11) is 1.88. The molecule has 0 fully saturated rings. The molecule has 0 aliphatic heterocycles. The maximum Gasteiger partial charge on any atom is 0.182 e. The summed E-state index contributed by atoms with van der Waals surface area (Å²) in [5.41, 5.74) is 6.77. The van der Waals surface area contributed by atoms with Gasteiger partial charge in [-0.1, -0.05) is 18.2 Å². The van der Waals surface area contributed by atoms with E-state index in [2.05, 4.69) is 59.7 Å². The molecule has 1 aromatic carbocycles. The number of para-hydroxylation sites is 1. The van der Waals surface area contributed by atoms with E-state index in [0.29, 0.717) is 0 Å². The Morgan fingerprint density at radius 2 is 1.86 bits per heavy atom. The van der Waals surface area contributed by atoms with Gasteiger partial charge < -0.3 is 5.32 Å². The Hall–Kier alpha value is -2.14. The Morgan fingerprint density at radius 1 is 1.14 bits per heavy atom. The van der Waals surface area contributed by atoms with Crippen molar-refractivity contribution in [2.75, 3.05) is 12.4 Å². The van der Waals surface area contributed by atoms with Crippen LogP contribution in [0.4, 0.5) is 5.13 Å². The molecule has 4 nitrogen and oxygen atoms in total. The summed E-state index contributed by atoms with van der Waals surface area (Å²) in [6, 6.07) is 6.31. The van der Waals surface area contributed by atoms with Crippen molar-refractivity contribution in [3.63, 3.8) is 0 Å². The van der Waals surface area contributed by atoms with Crippen LogP contribution in [0.1, 0.15) is 16.8 Å². The molecule has 21 heavy (non-hydrogen) atoms. The van der Waals surface area contributed by atoms with E-state index in [1.165, 1.54) is 11.1 Å². The third-order valence-corrected chi connectivity index (χ3v) is 4.51. The number of benzene rings is 1. The quantitative estimate of drug-likeness (QED) is 0.796. The highest BCUT2D eigenvalue weighted by Gasteiger charge is 2.15. The molecule has 5 heteroatoms. The number of aromatic nitrogens is 3. The summed E-state index contributed by atoms with van der Waals surface area (Å²) in [6.07, 6.45) is 1.90. The first-order valence-corrected chi connectivity index (χ1v) is 7.74. The van der Waals surface area contributed by atoms with Crippen LogP contribution >= 0.6 is 11.3 Å². The number of nitrogens with one attached hydrogen (secondary N) is 1. The normalized spacial score (nSPS) is 10.9. The van der Waals surface area contributed by atoms with Crippen LogP contribution in [0.5, 0.6) is 0 Å². The van der Waals surface area contributed by atoms with Gasteiger partial charge in [0, 0.05) is 18.0 Å². The smallest absolute Gasteiger partial charge is 0.182 e. The third kappa shape index (κ3) is 2.34. The molecular weight excluding hydrogens is 280 g/mol. The first-order valence-electron chi connectivity index (χ1n) is 6.86. The summed E-state index contributed by atoms with van der Waals surface area (Å²) < 4.78 is 2.01. The first kappa shape index (κ1) is 13.8. The topological polar surface area (TPSA) is 42.7 Å². The Balaban J connectivity index is 2.11. The molecule has 0 radical (unpaired) electrons. The lowest BCUT2D eigenvalue weighted by Crippen LogP contribution is -2.03. The predicted molar refractivity (Wildman–Crippen MR) is 88.4 cm³/mol. The summed E-state index contributed by atoms with van der Waals surface area (Å²) in [5, 5.41) is 10.6. The van der Waals surface area contributed by atoms with E-state index in [1.54, 1.807) is 11.3 Å². The van der Waals surface area contributed by atoms with Crippen molar-refractivity contribution < 1.29 is 0 Å². The molecule has 2 heterocycles. The fourth-order valence-corrected chi connectivity index (χ4v) is 3.21. The van der Waals surface area contributed by atoms with E-state index in [-0.39, 0.29) is 0 Å². The summed E-state index contributed by atoms with van der Waals surface area (Å²) in [4.78, 5) is 4.57. The number of thiazole rings is 1. The molecule has 0 spiro atoms. The standard InChI is InChI=1S/C16H18N4S/c1-10-6-5-7-11(2)15(10)20-12(3)13(8-18-20)14-9-21-16(17-4)19-14/h5-9H,1-4H3,(H,17,19). The van der Waals surface area contributed by atoms with Crippen molar-refractivity contribution >= 4 is 16.5 Å². The van der Waals surface area contributed by atoms with Gasteiger partial charge >= 0.3 is 0 Å². The number of aryl methyl sites for hydroxylation is 2. The summed E-state index contributed by atoms with van der Waals surface area (Å²) >= 11 is 1.61. The Kier molecular flexibility index (Phi) is 3.51. The average Bonchev–Trinajstić information content (AvgIpc) is 3.06. The van der Waals surface area contributed by atoms with E-state index in [1.807, 2.05) is 17.9 Å². The van der Waals surface area contributed by atoms with Crippen LogP contribution in [0.2, 0.25) is 0 Å². The minimum absolute atomic E-state index is 0.921. The molecule has 2 aromatic heterocycles. The second-order valence-electron chi connectivity index (χ2n) is 5.08. The van der Waals surface area contributed by atoms with Crippen LogP contribution < -0.4 is 5.32 Å². The van der Waals surface area contributed by atoms with Crippen molar-refractivity contribution in [2.45, 2.75) is 20.8 Å². The van der Waals surface area contributed by atoms with Gasteiger partial charge in [-0.05, 0) is 31.9 Å². The molecule has 0 aliphatic carbocycles. The molecule has 0 unspecified atom stereocenters. The van der Waals surface area contributed by atoms with Crippen LogP contribution in [0.15, 0.2) is 29.8 Å². The monoisotopic (exact) mass is 298 g/mol.